The Kier molecular flexibility index (Phi) is 5.89. The second-order valence-electron chi connectivity index (χ2n) is 7.34. The molecule has 6 heteroatoms. The van der Waals surface area contributed by atoms with Crippen molar-refractivity contribution in [2.45, 2.75) is 44.6 Å². The Bertz CT molecular complexity index is 993. The van der Waals surface area contributed by atoms with E-state index >= 15 is 0 Å². The summed E-state index contributed by atoms with van der Waals surface area (Å²) in [7, 11) is -3.68. The van der Waals surface area contributed by atoms with Gasteiger partial charge in [-0.3, -0.25) is 9.10 Å². The zero-order valence-corrected chi connectivity index (χ0v) is 17.3. The largest absolute Gasteiger partial charge is 0.350 e. The number of hydrogen-bond donors (Lipinski definition) is 1. The fourth-order valence-corrected chi connectivity index (χ4v) is 4.87. The highest BCUT2D eigenvalue weighted by Gasteiger charge is 2.29. The molecule has 0 atom stereocenters. The third-order valence-electron chi connectivity index (χ3n) is 4.67. The van der Waals surface area contributed by atoms with E-state index in [1.165, 1.54) is 4.31 Å². The van der Waals surface area contributed by atoms with E-state index in [9.17, 15) is 13.2 Å². The number of nitrogens with one attached hydrogen (secondary N) is 1. The van der Waals surface area contributed by atoms with E-state index in [0.29, 0.717) is 25.1 Å². The average molecular weight is 399 g/mol. The van der Waals surface area contributed by atoms with Gasteiger partial charge < -0.3 is 5.32 Å². The molecule has 1 aliphatic heterocycles. The maximum absolute atomic E-state index is 13.3. The average Bonchev–Trinajstić information content (AvgIpc) is 2.82. The van der Waals surface area contributed by atoms with Crippen LogP contribution in [0.25, 0.3) is 5.57 Å². The topological polar surface area (TPSA) is 66.5 Å². The van der Waals surface area contributed by atoms with Crippen LogP contribution < -0.4 is 9.62 Å². The van der Waals surface area contributed by atoms with Gasteiger partial charge >= 0.3 is 0 Å². The Morgan fingerprint density at radius 3 is 2.46 bits per heavy atom. The van der Waals surface area contributed by atoms with Crippen LogP contribution in [-0.4, -0.2) is 26.9 Å². The first-order chi connectivity index (χ1) is 13.3. The smallest absolute Gasteiger partial charge is 0.264 e. The van der Waals surface area contributed by atoms with Crippen LogP contribution in [0.1, 0.15) is 37.8 Å². The van der Waals surface area contributed by atoms with Gasteiger partial charge in [0.1, 0.15) is 0 Å². The molecule has 2 aromatic carbocycles. The molecule has 5 nitrogen and oxygen atoms in total. The van der Waals surface area contributed by atoms with Crippen LogP contribution in [0.3, 0.4) is 0 Å². The number of fused-ring (bicyclic) bond motifs is 1. The minimum absolute atomic E-state index is 0.0452. The Morgan fingerprint density at radius 2 is 1.79 bits per heavy atom. The van der Waals surface area contributed by atoms with Gasteiger partial charge in [-0.2, -0.15) is 0 Å². The van der Waals surface area contributed by atoms with Gasteiger partial charge in [-0.1, -0.05) is 35.9 Å². The molecule has 1 aliphatic rings. The third-order valence-corrected chi connectivity index (χ3v) is 6.50. The molecule has 0 aromatic heterocycles. The lowest BCUT2D eigenvalue weighted by atomic mass is 10.0. The van der Waals surface area contributed by atoms with Crippen LogP contribution in [0.4, 0.5) is 5.69 Å². The molecule has 0 unspecified atom stereocenters. The quantitative estimate of drug-likeness (QED) is 0.795. The number of benzene rings is 2. The summed E-state index contributed by atoms with van der Waals surface area (Å²) in [5, 5.41) is 2.87. The minimum atomic E-state index is -3.68. The summed E-state index contributed by atoms with van der Waals surface area (Å²) >= 11 is 0. The van der Waals surface area contributed by atoms with E-state index in [1.807, 2.05) is 39.0 Å². The summed E-state index contributed by atoms with van der Waals surface area (Å²) in [5.74, 6) is -0.158. The number of para-hydroxylation sites is 1. The molecule has 0 saturated carbocycles. The van der Waals surface area contributed by atoms with Crippen LogP contribution in [0, 0.1) is 6.92 Å². The van der Waals surface area contributed by atoms with Crippen molar-refractivity contribution in [1.82, 2.24) is 5.32 Å². The predicted octanol–water partition coefficient (Wildman–Crippen LogP) is 3.89. The number of nitrogens with zero attached hydrogens (tertiary/aromatic N) is 1. The molecule has 0 fully saturated rings. The van der Waals surface area contributed by atoms with Crippen molar-refractivity contribution < 1.29 is 13.2 Å². The lowest BCUT2D eigenvalue weighted by Crippen LogP contribution is -2.31. The van der Waals surface area contributed by atoms with E-state index in [-0.39, 0.29) is 16.8 Å². The van der Waals surface area contributed by atoms with Crippen molar-refractivity contribution in [3.8, 4) is 0 Å². The molecule has 1 N–H and O–H groups in total. The Balaban J connectivity index is 2.05. The molecule has 148 valence electrons. The number of carbonyl (C=O) groups excluding carboxylic acids is 1. The van der Waals surface area contributed by atoms with Crippen molar-refractivity contribution in [3.05, 3.63) is 65.7 Å². The summed E-state index contributed by atoms with van der Waals surface area (Å²) in [6.45, 7) is 6.12. The summed E-state index contributed by atoms with van der Waals surface area (Å²) in [5.41, 5.74) is 3.27. The summed E-state index contributed by atoms with van der Waals surface area (Å²) in [6.07, 6.45) is 2.88. The van der Waals surface area contributed by atoms with Gasteiger partial charge in [0.05, 0.1) is 10.6 Å². The first-order valence-corrected chi connectivity index (χ1v) is 10.9. The Morgan fingerprint density at radius 1 is 1.11 bits per heavy atom. The molecule has 0 bridgehead atoms. The van der Waals surface area contributed by atoms with Gasteiger partial charge in [0.2, 0.25) is 5.91 Å². The molecule has 1 amide bonds. The maximum Gasteiger partial charge on any atom is 0.264 e. The molecule has 3 rings (SSSR count). The Hall–Kier alpha value is -2.60. The number of carbonyl (C=O) groups is 1. The van der Waals surface area contributed by atoms with E-state index in [0.717, 1.165) is 16.7 Å². The van der Waals surface area contributed by atoms with E-state index < -0.39 is 10.0 Å². The maximum atomic E-state index is 13.3. The number of rotatable bonds is 4. The first-order valence-electron chi connectivity index (χ1n) is 9.49. The van der Waals surface area contributed by atoms with E-state index in [1.54, 1.807) is 36.4 Å². The molecular formula is C22H26N2O3S. The molecule has 1 heterocycles. The lowest BCUT2D eigenvalue weighted by Gasteiger charge is -2.24. The molecule has 28 heavy (non-hydrogen) atoms. The second-order valence-corrected chi connectivity index (χ2v) is 9.21. The normalized spacial score (nSPS) is 16.0. The Labute approximate surface area is 167 Å². The van der Waals surface area contributed by atoms with Crippen molar-refractivity contribution in [2.75, 3.05) is 10.8 Å². The zero-order chi connectivity index (χ0) is 20.3. The molecule has 0 aliphatic carbocycles. The van der Waals surface area contributed by atoms with Crippen LogP contribution >= 0.6 is 0 Å². The molecule has 0 saturated heterocycles. The van der Waals surface area contributed by atoms with E-state index in [2.05, 4.69) is 5.32 Å². The van der Waals surface area contributed by atoms with Crippen molar-refractivity contribution in [3.63, 3.8) is 0 Å². The van der Waals surface area contributed by atoms with Gasteiger partial charge in [0, 0.05) is 24.2 Å². The highest BCUT2D eigenvalue weighted by molar-refractivity contribution is 7.92. The molecular weight excluding hydrogens is 372 g/mol. The van der Waals surface area contributed by atoms with Gasteiger partial charge in [-0.05, 0) is 57.4 Å². The lowest BCUT2D eigenvalue weighted by molar-refractivity contribution is -0.116. The van der Waals surface area contributed by atoms with Crippen molar-refractivity contribution in [1.29, 1.82) is 0 Å². The second kappa shape index (κ2) is 8.19. The van der Waals surface area contributed by atoms with Crippen LogP contribution in [0.5, 0.6) is 0 Å². The van der Waals surface area contributed by atoms with Gasteiger partial charge in [-0.15, -0.1) is 0 Å². The van der Waals surface area contributed by atoms with Crippen LogP contribution in [0.15, 0.2) is 59.5 Å². The summed E-state index contributed by atoms with van der Waals surface area (Å²) in [4.78, 5) is 12.5. The number of anilines is 1. The minimum Gasteiger partial charge on any atom is -0.350 e. The highest BCUT2D eigenvalue weighted by Crippen LogP contribution is 2.36. The SMILES string of the molecule is Cc1ccc(S(=O)(=O)N2CCC/C(=C\C(=O)NC(C)C)c3ccccc32)cc1. The third kappa shape index (κ3) is 4.28. The first kappa shape index (κ1) is 20.1. The predicted molar refractivity (Wildman–Crippen MR) is 113 cm³/mol. The van der Waals surface area contributed by atoms with Crippen LogP contribution in [0.2, 0.25) is 0 Å². The number of sulfonamides is 1. The number of allylic oxidation sites excluding steroid dienone is 1. The molecule has 0 radical (unpaired) electrons. The monoisotopic (exact) mass is 398 g/mol. The number of aryl methyl sites for hydroxylation is 1. The summed E-state index contributed by atoms with van der Waals surface area (Å²) < 4.78 is 28.1. The molecule has 0 spiro atoms. The van der Waals surface area contributed by atoms with Crippen LogP contribution in [-0.2, 0) is 14.8 Å². The number of hydrogen-bond acceptors (Lipinski definition) is 3. The standard InChI is InChI=1S/C22H26N2O3S/c1-16(2)23-22(25)15-18-7-6-14-24(21-9-5-4-8-20(18)21)28(26,27)19-12-10-17(3)11-13-19/h4-5,8-13,15-16H,6-7,14H2,1-3H3,(H,23,25)/b18-15+. The van der Waals surface area contributed by atoms with Crippen molar-refractivity contribution in [2.24, 2.45) is 0 Å². The van der Waals surface area contributed by atoms with Gasteiger partial charge in [0.25, 0.3) is 10.0 Å². The molecule has 2 aromatic rings. The van der Waals surface area contributed by atoms with Crippen molar-refractivity contribution >= 4 is 27.2 Å². The fourth-order valence-electron chi connectivity index (χ4n) is 3.35. The van der Waals surface area contributed by atoms with Gasteiger partial charge in [0.15, 0.2) is 0 Å². The van der Waals surface area contributed by atoms with E-state index in [4.69, 9.17) is 0 Å². The fraction of sp³-hybridized carbons (Fsp3) is 0.318. The zero-order valence-electron chi connectivity index (χ0n) is 16.5. The van der Waals surface area contributed by atoms with Gasteiger partial charge in [-0.25, -0.2) is 8.42 Å². The number of amides is 1. The highest BCUT2D eigenvalue weighted by atomic mass is 32.2. The summed E-state index contributed by atoms with van der Waals surface area (Å²) in [6, 6.07) is 14.3.